The number of hydrogen-bond acceptors (Lipinski definition) is 5. The molecule has 3 aromatic carbocycles. The number of para-hydroxylation sites is 1. The van der Waals surface area contributed by atoms with Gasteiger partial charge in [0.1, 0.15) is 17.3 Å². The maximum atomic E-state index is 13.4. The predicted octanol–water partition coefficient (Wildman–Crippen LogP) is 5.34. The van der Waals surface area contributed by atoms with Crippen LogP contribution in [-0.4, -0.2) is 30.5 Å². The van der Waals surface area contributed by atoms with E-state index in [1.165, 1.54) is 4.90 Å². The number of ketones is 1. The van der Waals surface area contributed by atoms with Crippen molar-refractivity contribution in [3.8, 4) is 11.5 Å². The third-order valence-electron chi connectivity index (χ3n) is 5.99. The molecule has 0 aliphatic carbocycles. The highest BCUT2D eigenvalue weighted by molar-refractivity contribution is 6.51. The van der Waals surface area contributed by atoms with Gasteiger partial charge >= 0.3 is 0 Å². The SMILES string of the molecule is CCOc1cccc(C2/C(=C(\O)c3ccc(OC)cc3C)C(=O)C(=O)N2c2ccccc2C)c1. The summed E-state index contributed by atoms with van der Waals surface area (Å²) in [5.74, 6) is -0.385. The van der Waals surface area contributed by atoms with E-state index in [4.69, 9.17) is 9.47 Å². The molecule has 6 heteroatoms. The van der Waals surface area contributed by atoms with Gasteiger partial charge in [-0.25, -0.2) is 0 Å². The molecule has 1 amide bonds. The van der Waals surface area contributed by atoms with E-state index in [1.54, 1.807) is 37.4 Å². The van der Waals surface area contributed by atoms with Crippen molar-refractivity contribution in [1.82, 2.24) is 0 Å². The number of ether oxygens (including phenoxy) is 2. The third kappa shape index (κ3) is 4.03. The van der Waals surface area contributed by atoms with Crippen LogP contribution in [0.4, 0.5) is 5.69 Å². The minimum atomic E-state index is -0.817. The molecule has 1 unspecified atom stereocenters. The summed E-state index contributed by atoms with van der Waals surface area (Å²) in [4.78, 5) is 28.2. The highest BCUT2D eigenvalue weighted by Crippen LogP contribution is 2.44. The summed E-state index contributed by atoms with van der Waals surface area (Å²) in [5.41, 5.74) is 3.35. The molecular formula is C28H27NO5. The zero-order valence-corrected chi connectivity index (χ0v) is 19.7. The Morgan fingerprint density at radius 2 is 1.71 bits per heavy atom. The lowest BCUT2D eigenvalue weighted by molar-refractivity contribution is -0.132. The Kier molecular flexibility index (Phi) is 6.41. The predicted molar refractivity (Wildman–Crippen MR) is 131 cm³/mol. The summed E-state index contributed by atoms with van der Waals surface area (Å²) in [7, 11) is 1.56. The lowest BCUT2D eigenvalue weighted by Gasteiger charge is -2.27. The number of Topliss-reactive ketones (excluding diaryl/α,β-unsaturated/α-hetero) is 1. The largest absolute Gasteiger partial charge is 0.507 e. The maximum absolute atomic E-state index is 13.4. The average molecular weight is 458 g/mol. The molecule has 1 atom stereocenters. The Labute approximate surface area is 199 Å². The van der Waals surface area contributed by atoms with Crippen LogP contribution >= 0.6 is 0 Å². The molecule has 0 radical (unpaired) electrons. The Morgan fingerprint density at radius 1 is 0.941 bits per heavy atom. The van der Waals surface area contributed by atoms with Gasteiger partial charge in [0.05, 0.1) is 25.3 Å². The second kappa shape index (κ2) is 9.43. The Hall–Kier alpha value is -4.06. The first-order valence-corrected chi connectivity index (χ1v) is 11.1. The molecule has 1 aliphatic rings. The van der Waals surface area contributed by atoms with Gasteiger partial charge in [-0.2, -0.15) is 0 Å². The van der Waals surface area contributed by atoms with Gasteiger partial charge < -0.3 is 14.6 Å². The van der Waals surface area contributed by atoms with Gasteiger partial charge in [0.15, 0.2) is 0 Å². The van der Waals surface area contributed by atoms with E-state index in [9.17, 15) is 14.7 Å². The molecule has 1 fully saturated rings. The fourth-order valence-electron chi connectivity index (χ4n) is 4.35. The van der Waals surface area contributed by atoms with Crippen LogP contribution in [0.25, 0.3) is 5.76 Å². The van der Waals surface area contributed by atoms with Crippen LogP contribution < -0.4 is 14.4 Å². The fourth-order valence-corrected chi connectivity index (χ4v) is 4.35. The van der Waals surface area contributed by atoms with E-state index in [-0.39, 0.29) is 11.3 Å². The lowest BCUT2D eigenvalue weighted by atomic mass is 9.93. The quantitative estimate of drug-likeness (QED) is 0.307. The molecule has 1 saturated heterocycles. The van der Waals surface area contributed by atoms with Crippen LogP contribution in [0, 0.1) is 13.8 Å². The molecule has 4 rings (SSSR count). The van der Waals surface area contributed by atoms with Gasteiger partial charge in [0.25, 0.3) is 11.7 Å². The number of carbonyl (C=O) groups is 2. The van der Waals surface area contributed by atoms with Crippen molar-refractivity contribution in [1.29, 1.82) is 0 Å². The number of benzene rings is 3. The molecule has 1 heterocycles. The normalized spacial score (nSPS) is 17.2. The van der Waals surface area contributed by atoms with Crippen LogP contribution in [0.3, 0.4) is 0 Å². The standard InChI is InChI=1S/C28H27NO5/c1-5-34-21-11-8-10-19(16-21)25-24(26(30)22-14-13-20(33-4)15-18(22)3)27(31)28(32)29(25)23-12-7-6-9-17(23)2/h6-16,25,30H,5H2,1-4H3/b26-24+. The fraction of sp³-hybridized carbons (Fsp3) is 0.214. The Morgan fingerprint density at radius 3 is 2.38 bits per heavy atom. The van der Waals surface area contributed by atoms with Crippen molar-refractivity contribution in [3.05, 3.63) is 94.6 Å². The van der Waals surface area contributed by atoms with Crippen LogP contribution in [0.1, 0.15) is 35.2 Å². The molecular weight excluding hydrogens is 430 g/mol. The number of aliphatic hydroxyl groups is 1. The Bertz CT molecular complexity index is 1290. The minimum absolute atomic E-state index is 0.0372. The van der Waals surface area contributed by atoms with E-state index in [2.05, 4.69) is 0 Å². The van der Waals surface area contributed by atoms with Crippen LogP contribution in [0.15, 0.2) is 72.3 Å². The molecule has 0 saturated carbocycles. The zero-order valence-electron chi connectivity index (χ0n) is 19.7. The first kappa shape index (κ1) is 23.1. The molecule has 174 valence electrons. The van der Waals surface area contributed by atoms with Crippen molar-refractivity contribution in [3.63, 3.8) is 0 Å². The first-order chi connectivity index (χ1) is 16.4. The molecule has 0 spiro atoms. The van der Waals surface area contributed by atoms with Crippen molar-refractivity contribution in [2.75, 3.05) is 18.6 Å². The topological polar surface area (TPSA) is 76.1 Å². The van der Waals surface area contributed by atoms with Gasteiger partial charge in [0, 0.05) is 11.3 Å². The number of aliphatic hydroxyl groups excluding tert-OH is 1. The zero-order chi connectivity index (χ0) is 24.4. The molecule has 6 nitrogen and oxygen atoms in total. The monoisotopic (exact) mass is 457 g/mol. The van der Waals surface area contributed by atoms with Gasteiger partial charge in [0.2, 0.25) is 0 Å². The van der Waals surface area contributed by atoms with Gasteiger partial charge in [-0.05, 0) is 73.9 Å². The highest BCUT2D eigenvalue weighted by atomic mass is 16.5. The van der Waals surface area contributed by atoms with Gasteiger partial charge in [-0.15, -0.1) is 0 Å². The summed E-state index contributed by atoms with van der Waals surface area (Å²) in [6.07, 6.45) is 0. The number of rotatable bonds is 6. The summed E-state index contributed by atoms with van der Waals surface area (Å²) >= 11 is 0. The molecule has 1 aliphatic heterocycles. The van der Waals surface area contributed by atoms with E-state index in [0.29, 0.717) is 34.9 Å². The number of anilines is 1. The van der Waals surface area contributed by atoms with E-state index < -0.39 is 17.7 Å². The maximum Gasteiger partial charge on any atom is 0.300 e. The lowest BCUT2D eigenvalue weighted by Crippen LogP contribution is -2.30. The third-order valence-corrected chi connectivity index (χ3v) is 5.99. The van der Waals surface area contributed by atoms with Gasteiger partial charge in [-0.3, -0.25) is 14.5 Å². The molecule has 3 aromatic rings. The van der Waals surface area contributed by atoms with Crippen LogP contribution in [0.2, 0.25) is 0 Å². The van der Waals surface area contributed by atoms with Crippen LogP contribution in [0.5, 0.6) is 11.5 Å². The number of nitrogens with zero attached hydrogens (tertiary/aromatic N) is 1. The van der Waals surface area contributed by atoms with Crippen molar-refractivity contribution in [2.24, 2.45) is 0 Å². The van der Waals surface area contributed by atoms with Crippen molar-refractivity contribution in [2.45, 2.75) is 26.8 Å². The molecule has 0 aromatic heterocycles. The molecule has 0 bridgehead atoms. The van der Waals surface area contributed by atoms with E-state index in [1.807, 2.05) is 57.2 Å². The van der Waals surface area contributed by atoms with Crippen molar-refractivity contribution < 1.29 is 24.2 Å². The van der Waals surface area contributed by atoms with E-state index in [0.717, 1.165) is 11.1 Å². The number of amides is 1. The number of methoxy groups -OCH3 is 1. The second-order valence-corrected chi connectivity index (χ2v) is 8.14. The minimum Gasteiger partial charge on any atom is -0.507 e. The highest BCUT2D eigenvalue weighted by Gasteiger charge is 2.47. The second-order valence-electron chi connectivity index (χ2n) is 8.14. The summed E-state index contributed by atoms with van der Waals surface area (Å²) in [6, 6.07) is 19.0. The van der Waals surface area contributed by atoms with E-state index >= 15 is 0 Å². The Balaban J connectivity index is 1.97. The number of carbonyl (C=O) groups excluding carboxylic acids is 2. The number of hydrogen-bond donors (Lipinski definition) is 1. The summed E-state index contributed by atoms with van der Waals surface area (Å²) in [5, 5.41) is 11.4. The first-order valence-electron chi connectivity index (χ1n) is 11.1. The smallest absolute Gasteiger partial charge is 0.300 e. The summed E-state index contributed by atoms with van der Waals surface area (Å²) < 4.78 is 10.9. The molecule has 1 N–H and O–H groups in total. The molecule has 34 heavy (non-hydrogen) atoms. The van der Waals surface area contributed by atoms with Crippen molar-refractivity contribution >= 4 is 23.1 Å². The summed E-state index contributed by atoms with van der Waals surface area (Å²) in [6.45, 7) is 6.07. The number of aryl methyl sites for hydroxylation is 2. The van der Waals surface area contributed by atoms with Gasteiger partial charge in [-0.1, -0.05) is 30.3 Å². The average Bonchev–Trinajstić information content (AvgIpc) is 3.09. The van der Waals surface area contributed by atoms with Crippen LogP contribution in [-0.2, 0) is 9.59 Å².